The highest BCUT2D eigenvalue weighted by atomic mass is 16.3. The van der Waals surface area contributed by atoms with Gasteiger partial charge < -0.3 is 10.4 Å². The molecule has 1 aromatic carbocycles. The normalized spacial score (nSPS) is 28.3. The van der Waals surface area contributed by atoms with Crippen molar-refractivity contribution in [2.24, 2.45) is 0 Å². The van der Waals surface area contributed by atoms with Crippen LogP contribution in [0.4, 0.5) is 0 Å². The van der Waals surface area contributed by atoms with E-state index in [1.807, 2.05) is 12.1 Å². The number of phenols is 1. The van der Waals surface area contributed by atoms with Crippen LogP contribution in [-0.2, 0) is 0 Å². The third-order valence-electron chi connectivity index (χ3n) is 4.97. The summed E-state index contributed by atoms with van der Waals surface area (Å²) < 4.78 is 0. The highest BCUT2D eigenvalue weighted by molar-refractivity contribution is 5.37. The summed E-state index contributed by atoms with van der Waals surface area (Å²) in [6.07, 6.45) is 5.28. The van der Waals surface area contributed by atoms with Crippen LogP contribution < -0.4 is 5.32 Å². The average Bonchev–Trinajstić information content (AvgIpc) is 2.85. The Bertz CT molecular complexity index is 474. The second-order valence-electron chi connectivity index (χ2n) is 6.44. The second-order valence-corrected chi connectivity index (χ2v) is 6.44. The number of nitrogens with zero attached hydrogens (tertiary/aromatic N) is 1. The lowest BCUT2D eigenvalue weighted by Crippen LogP contribution is -2.45. The number of hydrogen-bond donors (Lipinski definition) is 2. The van der Waals surface area contributed by atoms with Crippen molar-refractivity contribution in [2.75, 3.05) is 13.1 Å². The highest BCUT2D eigenvalue weighted by Crippen LogP contribution is 2.31. The molecular weight excluding hydrogens is 248 g/mol. The van der Waals surface area contributed by atoms with E-state index >= 15 is 0 Å². The van der Waals surface area contributed by atoms with E-state index in [4.69, 9.17) is 0 Å². The Labute approximate surface area is 122 Å². The summed E-state index contributed by atoms with van der Waals surface area (Å²) in [4.78, 5) is 2.64. The lowest BCUT2D eigenvalue weighted by molar-refractivity contribution is 0.177. The van der Waals surface area contributed by atoms with Crippen molar-refractivity contribution < 1.29 is 5.11 Å². The van der Waals surface area contributed by atoms with Crippen molar-refractivity contribution in [3.05, 3.63) is 29.3 Å². The number of benzene rings is 1. The van der Waals surface area contributed by atoms with Crippen molar-refractivity contribution >= 4 is 0 Å². The second kappa shape index (κ2) is 5.74. The van der Waals surface area contributed by atoms with Crippen molar-refractivity contribution in [1.29, 1.82) is 0 Å². The molecule has 0 bridgehead atoms. The lowest BCUT2D eigenvalue weighted by atomic mass is 9.97. The predicted molar refractivity (Wildman–Crippen MR) is 82.0 cm³/mol. The van der Waals surface area contributed by atoms with Crippen LogP contribution in [0.15, 0.2) is 18.2 Å². The van der Waals surface area contributed by atoms with Crippen LogP contribution in [0, 0.1) is 6.92 Å². The van der Waals surface area contributed by atoms with Crippen LogP contribution in [0.25, 0.3) is 0 Å². The number of rotatable bonds is 3. The summed E-state index contributed by atoms with van der Waals surface area (Å²) >= 11 is 0. The molecule has 0 aliphatic carbocycles. The molecule has 3 heteroatoms. The van der Waals surface area contributed by atoms with E-state index in [0.29, 0.717) is 17.8 Å². The fourth-order valence-electron chi connectivity index (χ4n) is 3.87. The van der Waals surface area contributed by atoms with E-state index in [2.05, 4.69) is 30.1 Å². The lowest BCUT2D eigenvalue weighted by Gasteiger charge is -2.34. The Morgan fingerprint density at radius 1 is 1.25 bits per heavy atom. The number of nitrogens with one attached hydrogen (secondary N) is 1. The minimum absolute atomic E-state index is 0.210. The molecule has 3 atom stereocenters. The molecule has 0 amide bonds. The SMILES string of the molecule is Cc1ccc(O)c(C(C)NC2CCN3CCCCC23)c1. The average molecular weight is 274 g/mol. The Hall–Kier alpha value is -1.06. The van der Waals surface area contributed by atoms with Crippen LogP contribution in [0.5, 0.6) is 5.75 Å². The maximum absolute atomic E-state index is 10.1. The largest absolute Gasteiger partial charge is 0.508 e. The molecule has 3 unspecified atom stereocenters. The molecule has 0 aromatic heterocycles. The van der Waals surface area contributed by atoms with Crippen LogP contribution in [-0.4, -0.2) is 35.2 Å². The smallest absolute Gasteiger partial charge is 0.120 e. The van der Waals surface area contributed by atoms with Gasteiger partial charge in [0.25, 0.3) is 0 Å². The molecule has 2 aliphatic rings. The summed E-state index contributed by atoms with van der Waals surface area (Å²) in [6, 6.07) is 7.36. The van der Waals surface area contributed by atoms with Gasteiger partial charge in [-0.1, -0.05) is 24.1 Å². The van der Waals surface area contributed by atoms with Gasteiger partial charge >= 0.3 is 0 Å². The minimum Gasteiger partial charge on any atom is -0.508 e. The van der Waals surface area contributed by atoms with Gasteiger partial charge in [0.2, 0.25) is 0 Å². The van der Waals surface area contributed by atoms with Crippen molar-refractivity contribution in [3.8, 4) is 5.75 Å². The quantitative estimate of drug-likeness (QED) is 0.889. The van der Waals surface area contributed by atoms with Crippen LogP contribution in [0.2, 0.25) is 0 Å². The molecule has 2 saturated heterocycles. The van der Waals surface area contributed by atoms with Crippen LogP contribution >= 0.6 is 0 Å². The van der Waals surface area contributed by atoms with E-state index in [0.717, 1.165) is 5.56 Å². The van der Waals surface area contributed by atoms with Crippen molar-refractivity contribution in [1.82, 2.24) is 10.2 Å². The summed E-state index contributed by atoms with van der Waals surface area (Å²) in [7, 11) is 0. The molecule has 2 N–H and O–H groups in total. The highest BCUT2D eigenvalue weighted by Gasteiger charge is 2.36. The van der Waals surface area contributed by atoms with Gasteiger partial charge in [-0.2, -0.15) is 0 Å². The molecule has 0 spiro atoms. The zero-order valence-electron chi connectivity index (χ0n) is 12.6. The third-order valence-corrected chi connectivity index (χ3v) is 4.97. The Morgan fingerprint density at radius 2 is 2.10 bits per heavy atom. The van der Waals surface area contributed by atoms with Gasteiger partial charge in [-0.3, -0.25) is 4.90 Å². The molecule has 2 fully saturated rings. The first-order valence-electron chi connectivity index (χ1n) is 7.95. The molecule has 3 rings (SSSR count). The standard InChI is InChI=1S/C17H26N2O/c1-12-6-7-17(20)14(11-12)13(2)18-15-8-10-19-9-4-3-5-16(15)19/h6-7,11,13,15-16,18,20H,3-5,8-10H2,1-2H3. The van der Waals surface area contributed by atoms with Gasteiger partial charge in [0, 0.05) is 30.2 Å². The van der Waals surface area contributed by atoms with Crippen molar-refractivity contribution in [3.63, 3.8) is 0 Å². The fourth-order valence-corrected chi connectivity index (χ4v) is 3.87. The number of aryl methyl sites for hydroxylation is 1. The molecule has 0 radical (unpaired) electrons. The van der Waals surface area contributed by atoms with E-state index in [1.54, 1.807) is 0 Å². The van der Waals surface area contributed by atoms with E-state index in [-0.39, 0.29) is 6.04 Å². The maximum Gasteiger partial charge on any atom is 0.120 e. The van der Waals surface area contributed by atoms with Gasteiger partial charge in [-0.15, -0.1) is 0 Å². The van der Waals surface area contributed by atoms with Gasteiger partial charge in [-0.05, 0) is 45.7 Å². The Balaban J connectivity index is 1.69. The topological polar surface area (TPSA) is 35.5 Å². The van der Waals surface area contributed by atoms with Gasteiger partial charge in [-0.25, -0.2) is 0 Å². The zero-order valence-corrected chi connectivity index (χ0v) is 12.6. The molecule has 1 aromatic rings. The molecule has 0 saturated carbocycles. The third kappa shape index (κ3) is 2.70. The molecule has 110 valence electrons. The number of phenolic OH excluding ortho intramolecular Hbond substituents is 1. The molecular formula is C17H26N2O. The van der Waals surface area contributed by atoms with Crippen LogP contribution in [0.3, 0.4) is 0 Å². The van der Waals surface area contributed by atoms with Crippen LogP contribution in [0.1, 0.15) is 49.8 Å². The maximum atomic E-state index is 10.1. The number of piperidine rings is 1. The van der Waals surface area contributed by atoms with Gasteiger partial charge in [0.05, 0.1) is 0 Å². The first kappa shape index (κ1) is 13.9. The van der Waals surface area contributed by atoms with E-state index in [9.17, 15) is 5.11 Å². The fraction of sp³-hybridized carbons (Fsp3) is 0.647. The van der Waals surface area contributed by atoms with E-state index in [1.165, 1.54) is 44.3 Å². The van der Waals surface area contributed by atoms with Crippen molar-refractivity contribution in [2.45, 2.75) is 57.7 Å². The molecule has 2 aliphatic heterocycles. The predicted octanol–water partition coefficient (Wildman–Crippen LogP) is 2.98. The first-order valence-corrected chi connectivity index (χ1v) is 7.95. The molecule has 2 heterocycles. The van der Waals surface area contributed by atoms with Gasteiger partial charge in [0.1, 0.15) is 5.75 Å². The molecule has 20 heavy (non-hydrogen) atoms. The Morgan fingerprint density at radius 3 is 2.95 bits per heavy atom. The number of fused-ring (bicyclic) bond motifs is 1. The first-order chi connectivity index (χ1) is 9.65. The minimum atomic E-state index is 0.210. The zero-order chi connectivity index (χ0) is 14.1. The number of hydrogen-bond acceptors (Lipinski definition) is 3. The summed E-state index contributed by atoms with van der Waals surface area (Å²) in [5.41, 5.74) is 2.23. The Kier molecular flexibility index (Phi) is 3.99. The number of aromatic hydroxyl groups is 1. The van der Waals surface area contributed by atoms with Gasteiger partial charge in [0.15, 0.2) is 0 Å². The summed E-state index contributed by atoms with van der Waals surface area (Å²) in [5, 5.41) is 13.8. The summed E-state index contributed by atoms with van der Waals surface area (Å²) in [5.74, 6) is 0.411. The monoisotopic (exact) mass is 274 g/mol. The molecule has 3 nitrogen and oxygen atoms in total. The van der Waals surface area contributed by atoms with E-state index < -0.39 is 0 Å². The summed E-state index contributed by atoms with van der Waals surface area (Å²) in [6.45, 7) is 6.75.